The van der Waals surface area contributed by atoms with Crippen LogP contribution in [-0.2, 0) is 9.53 Å². The standard InChI is InChI=1S/C14H13NO2/c1-17-14(16)9-4-2-3-6-12-7-5-8-13(10-12)11-15/h5,7-8,10H,2,4,9H2,1H3. The van der Waals surface area contributed by atoms with Crippen LogP contribution in [0.2, 0.25) is 0 Å². The van der Waals surface area contributed by atoms with Gasteiger partial charge in [-0.1, -0.05) is 17.9 Å². The fourth-order valence-corrected chi connectivity index (χ4v) is 1.25. The van der Waals surface area contributed by atoms with Crippen LogP contribution in [-0.4, -0.2) is 13.1 Å². The van der Waals surface area contributed by atoms with E-state index in [9.17, 15) is 4.79 Å². The molecule has 0 saturated carbocycles. The molecule has 86 valence electrons. The molecular formula is C14H13NO2. The lowest BCUT2D eigenvalue weighted by atomic mass is 10.1. The zero-order valence-electron chi connectivity index (χ0n) is 9.69. The van der Waals surface area contributed by atoms with E-state index in [1.165, 1.54) is 7.11 Å². The summed E-state index contributed by atoms with van der Waals surface area (Å²) in [6.07, 6.45) is 1.73. The molecule has 0 aromatic heterocycles. The van der Waals surface area contributed by atoms with Crippen LogP contribution in [0, 0.1) is 23.2 Å². The van der Waals surface area contributed by atoms with Crippen LogP contribution >= 0.6 is 0 Å². The summed E-state index contributed by atoms with van der Waals surface area (Å²) in [7, 11) is 1.38. The van der Waals surface area contributed by atoms with E-state index in [1.807, 2.05) is 6.07 Å². The molecule has 1 aromatic rings. The normalized spacial score (nSPS) is 8.71. The molecule has 0 spiro atoms. The molecule has 0 bridgehead atoms. The number of esters is 1. The third-order valence-corrected chi connectivity index (χ3v) is 2.13. The number of ether oxygens (including phenoxy) is 1. The van der Waals surface area contributed by atoms with Crippen molar-refractivity contribution in [3.05, 3.63) is 35.4 Å². The summed E-state index contributed by atoms with van der Waals surface area (Å²) in [4.78, 5) is 10.8. The lowest BCUT2D eigenvalue weighted by molar-refractivity contribution is -0.140. The van der Waals surface area contributed by atoms with Gasteiger partial charge in [-0.15, -0.1) is 0 Å². The molecular weight excluding hydrogens is 214 g/mol. The molecule has 1 rings (SSSR count). The molecule has 3 nitrogen and oxygen atoms in total. The third-order valence-electron chi connectivity index (χ3n) is 2.13. The predicted molar refractivity (Wildman–Crippen MR) is 63.9 cm³/mol. The van der Waals surface area contributed by atoms with Gasteiger partial charge < -0.3 is 4.74 Å². The molecule has 1 aromatic carbocycles. The SMILES string of the molecule is COC(=O)CCCC#Cc1cccc(C#N)c1. The smallest absolute Gasteiger partial charge is 0.305 e. The van der Waals surface area contributed by atoms with Crippen LogP contribution in [0.25, 0.3) is 0 Å². The van der Waals surface area contributed by atoms with E-state index in [-0.39, 0.29) is 5.97 Å². The Hall–Kier alpha value is -2.26. The van der Waals surface area contributed by atoms with Crippen molar-refractivity contribution in [2.24, 2.45) is 0 Å². The first-order chi connectivity index (χ1) is 8.26. The number of carbonyl (C=O) groups is 1. The van der Waals surface area contributed by atoms with Gasteiger partial charge in [-0.3, -0.25) is 4.79 Å². The number of benzene rings is 1. The minimum atomic E-state index is -0.210. The van der Waals surface area contributed by atoms with E-state index < -0.39 is 0 Å². The zero-order chi connectivity index (χ0) is 12.5. The van der Waals surface area contributed by atoms with Crippen LogP contribution in [0.3, 0.4) is 0 Å². The predicted octanol–water partition coefficient (Wildman–Crippen LogP) is 2.25. The molecule has 0 heterocycles. The number of unbranched alkanes of at least 4 members (excludes halogenated alkanes) is 1. The van der Waals surface area contributed by atoms with Crippen LogP contribution in [0.15, 0.2) is 24.3 Å². The van der Waals surface area contributed by atoms with Gasteiger partial charge >= 0.3 is 5.97 Å². The lowest BCUT2D eigenvalue weighted by Crippen LogP contribution is -1.98. The lowest BCUT2D eigenvalue weighted by Gasteiger charge is -1.94. The van der Waals surface area contributed by atoms with Crippen LogP contribution in [0.5, 0.6) is 0 Å². The Bertz CT molecular complexity index is 489. The van der Waals surface area contributed by atoms with E-state index in [0.717, 1.165) is 5.56 Å². The average Bonchev–Trinajstić information content (AvgIpc) is 2.38. The first-order valence-electron chi connectivity index (χ1n) is 5.32. The summed E-state index contributed by atoms with van der Waals surface area (Å²) in [5, 5.41) is 8.71. The van der Waals surface area contributed by atoms with E-state index in [2.05, 4.69) is 22.6 Å². The van der Waals surface area contributed by atoms with Gasteiger partial charge in [0, 0.05) is 18.4 Å². The van der Waals surface area contributed by atoms with Gasteiger partial charge in [0.2, 0.25) is 0 Å². The highest BCUT2D eigenvalue weighted by Gasteiger charge is 1.97. The number of nitrogens with zero attached hydrogens (tertiary/aromatic N) is 1. The maximum Gasteiger partial charge on any atom is 0.305 e. The molecule has 0 aliphatic rings. The molecule has 0 saturated heterocycles. The molecule has 3 heteroatoms. The summed E-state index contributed by atoms with van der Waals surface area (Å²) in [6, 6.07) is 9.20. The van der Waals surface area contributed by atoms with Crippen LogP contribution in [0.4, 0.5) is 0 Å². The highest BCUT2D eigenvalue weighted by atomic mass is 16.5. The molecule has 0 radical (unpaired) electrons. The van der Waals surface area contributed by atoms with Crippen LogP contribution < -0.4 is 0 Å². The highest BCUT2D eigenvalue weighted by Crippen LogP contribution is 2.03. The van der Waals surface area contributed by atoms with Gasteiger partial charge in [-0.2, -0.15) is 5.26 Å². The Morgan fingerprint density at radius 1 is 1.41 bits per heavy atom. The van der Waals surface area contributed by atoms with Crippen molar-refractivity contribution in [3.8, 4) is 17.9 Å². The summed E-state index contributed by atoms with van der Waals surface area (Å²) in [6.45, 7) is 0. The molecule has 0 atom stereocenters. The van der Waals surface area contributed by atoms with Crippen molar-refractivity contribution in [2.45, 2.75) is 19.3 Å². The van der Waals surface area contributed by atoms with E-state index in [4.69, 9.17) is 5.26 Å². The number of nitriles is 1. The number of hydrogen-bond acceptors (Lipinski definition) is 3. The fourth-order valence-electron chi connectivity index (χ4n) is 1.25. The second kappa shape index (κ2) is 7.09. The molecule has 0 aliphatic carbocycles. The van der Waals surface area contributed by atoms with Gasteiger partial charge in [0.15, 0.2) is 0 Å². The topological polar surface area (TPSA) is 50.1 Å². The van der Waals surface area contributed by atoms with E-state index in [0.29, 0.717) is 24.8 Å². The maximum absolute atomic E-state index is 10.8. The number of rotatable bonds is 3. The van der Waals surface area contributed by atoms with Crippen molar-refractivity contribution in [3.63, 3.8) is 0 Å². The Morgan fingerprint density at radius 2 is 2.18 bits per heavy atom. The Kier molecular flexibility index (Phi) is 5.34. The molecule has 0 amide bonds. The highest BCUT2D eigenvalue weighted by molar-refractivity contribution is 5.69. The molecule has 17 heavy (non-hydrogen) atoms. The summed E-state index contributed by atoms with van der Waals surface area (Å²) in [5.41, 5.74) is 1.42. The Morgan fingerprint density at radius 3 is 2.88 bits per heavy atom. The summed E-state index contributed by atoms with van der Waals surface area (Å²) < 4.78 is 4.52. The van der Waals surface area contributed by atoms with Crippen molar-refractivity contribution in [1.82, 2.24) is 0 Å². The molecule has 0 unspecified atom stereocenters. The van der Waals surface area contributed by atoms with Crippen molar-refractivity contribution in [1.29, 1.82) is 5.26 Å². The zero-order valence-corrected chi connectivity index (χ0v) is 9.69. The average molecular weight is 227 g/mol. The third kappa shape index (κ3) is 4.86. The first-order valence-corrected chi connectivity index (χ1v) is 5.32. The van der Waals surface area contributed by atoms with Gasteiger partial charge in [0.05, 0.1) is 18.7 Å². The fraction of sp³-hybridized carbons (Fsp3) is 0.286. The molecule has 0 aliphatic heterocycles. The molecule has 0 N–H and O–H groups in total. The number of carbonyl (C=O) groups excluding carboxylic acids is 1. The van der Waals surface area contributed by atoms with Crippen molar-refractivity contribution < 1.29 is 9.53 Å². The van der Waals surface area contributed by atoms with Crippen LogP contribution in [0.1, 0.15) is 30.4 Å². The number of methoxy groups -OCH3 is 1. The Labute approximate surface area is 101 Å². The quantitative estimate of drug-likeness (QED) is 0.452. The summed E-state index contributed by atoms with van der Waals surface area (Å²) in [5.74, 6) is 5.71. The minimum Gasteiger partial charge on any atom is -0.469 e. The monoisotopic (exact) mass is 227 g/mol. The second-order valence-corrected chi connectivity index (χ2v) is 3.42. The van der Waals surface area contributed by atoms with Gasteiger partial charge in [0.25, 0.3) is 0 Å². The first kappa shape index (κ1) is 12.8. The second-order valence-electron chi connectivity index (χ2n) is 3.42. The number of hydrogen-bond donors (Lipinski definition) is 0. The van der Waals surface area contributed by atoms with Gasteiger partial charge in [-0.05, 0) is 24.6 Å². The Balaban J connectivity index is 2.44. The van der Waals surface area contributed by atoms with Gasteiger partial charge in [0.1, 0.15) is 0 Å². The van der Waals surface area contributed by atoms with Crippen molar-refractivity contribution in [2.75, 3.05) is 7.11 Å². The van der Waals surface area contributed by atoms with Gasteiger partial charge in [-0.25, -0.2) is 0 Å². The largest absolute Gasteiger partial charge is 0.469 e. The van der Waals surface area contributed by atoms with E-state index >= 15 is 0 Å². The molecule has 0 fully saturated rings. The summed E-state index contributed by atoms with van der Waals surface area (Å²) >= 11 is 0. The van der Waals surface area contributed by atoms with E-state index in [1.54, 1.807) is 18.2 Å². The maximum atomic E-state index is 10.8. The van der Waals surface area contributed by atoms with Crippen molar-refractivity contribution >= 4 is 5.97 Å². The minimum absolute atomic E-state index is 0.210.